The van der Waals surface area contributed by atoms with Gasteiger partial charge in [-0.05, 0) is 43.0 Å². The van der Waals surface area contributed by atoms with Crippen molar-refractivity contribution in [2.45, 2.75) is 52.2 Å². The number of aromatic nitrogens is 2. The van der Waals surface area contributed by atoms with Crippen molar-refractivity contribution < 1.29 is 9.59 Å². The molecule has 0 saturated carbocycles. The molecular weight excluding hydrogens is 364 g/mol. The monoisotopic (exact) mass is 388 g/mol. The fraction of sp³-hybridized carbons (Fsp3) is 0.450. The molecule has 1 unspecified atom stereocenters. The van der Waals surface area contributed by atoms with Crippen LogP contribution >= 0.6 is 11.6 Å². The molecule has 2 aromatic rings. The predicted molar refractivity (Wildman–Crippen MR) is 105 cm³/mol. The summed E-state index contributed by atoms with van der Waals surface area (Å²) < 4.78 is 2.16. The number of rotatable bonds is 6. The molecule has 6 nitrogen and oxygen atoms in total. The summed E-state index contributed by atoms with van der Waals surface area (Å²) >= 11 is 5.86. The summed E-state index contributed by atoms with van der Waals surface area (Å²) in [7, 11) is 0. The van der Waals surface area contributed by atoms with E-state index in [9.17, 15) is 9.59 Å². The molecule has 1 aliphatic rings. The quantitative estimate of drug-likeness (QED) is 0.798. The summed E-state index contributed by atoms with van der Waals surface area (Å²) in [6, 6.07) is 5.97. The molecule has 0 spiro atoms. The van der Waals surface area contributed by atoms with Crippen LogP contribution in [0.4, 0.5) is 0 Å². The van der Waals surface area contributed by atoms with Gasteiger partial charge in [0.25, 0.3) is 5.91 Å². The summed E-state index contributed by atoms with van der Waals surface area (Å²) in [5.41, 5.74) is 1.33. The third-order valence-electron chi connectivity index (χ3n) is 4.74. The van der Waals surface area contributed by atoms with Gasteiger partial charge >= 0.3 is 0 Å². The molecule has 1 aromatic heterocycles. The highest BCUT2D eigenvalue weighted by atomic mass is 35.5. The Labute approximate surface area is 164 Å². The van der Waals surface area contributed by atoms with Crippen LogP contribution < -0.4 is 10.6 Å². The van der Waals surface area contributed by atoms with Crippen molar-refractivity contribution in [2.24, 2.45) is 5.92 Å². The van der Waals surface area contributed by atoms with E-state index < -0.39 is 6.04 Å². The third-order valence-corrected chi connectivity index (χ3v) is 5.00. The van der Waals surface area contributed by atoms with Crippen LogP contribution in [0.1, 0.15) is 48.6 Å². The lowest BCUT2D eigenvalue weighted by Crippen LogP contribution is -2.49. The highest BCUT2D eigenvalue weighted by molar-refractivity contribution is 6.30. The molecule has 1 aliphatic heterocycles. The van der Waals surface area contributed by atoms with Crippen LogP contribution in [0.15, 0.2) is 30.5 Å². The molecule has 0 bridgehead atoms. The Morgan fingerprint density at radius 3 is 2.63 bits per heavy atom. The van der Waals surface area contributed by atoms with Crippen molar-refractivity contribution in [1.29, 1.82) is 0 Å². The standard InChI is InChI=1S/C20H25ClN4O2/c1-13(2)18(24-19(26)14-6-8-15(21)9-7-14)20(27)22-11-16-12-25-10-4-3-5-17(25)23-16/h6-9,12-13,18H,3-5,10-11H2,1-2H3,(H,22,27)(H,24,26). The maximum atomic E-state index is 12.6. The van der Waals surface area contributed by atoms with Gasteiger partial charge < -0.3 is 15.2 Å². The number of amides is 2. The second-order valence-electron chi connectivity index (χ2n) is 7.22. The lowest BCUT2D eigenvalue weighted by Gasteiger charge is -2.21. The number of aryl methyl sites for hydroxylation is 2. The van der Waals surface area contributed by atoms with E-state index in [0.717, 1.165) is 30.9 Å². The van der Waals surface area contributed by atoms with Crippen molar-refractivity contribution in [3.63, 3.8) is 0 Å². The zero-order valence-corrected chi connectivity index (χ0v) is 16.4. The number of fused-ring (bicyclic) bond motifs is 1. The molecule has 1 aromatic carbocycles. The lowest BCUT2D eigenvalue weighted by atomic mass is 10.0. The smallest absolute Gasteiger partial charge is 0.251 e. The minimum absolute atomic E-state index is 0.0450. The molecule has 1 atom stereocenters. The number of nitrogens with zero attached hydrogens (tertiary/aromatic N) is 2. The van der Waals surface area contributed by atoms with Gasteiger partial charge in [-0.25, -0.2) is 4.98 Å². The SMILES string of the molecule is CC(C)C(NC(=O)c1ccc(Cl)cc1)C(=O)NCc1cn2c(n1)CCCC2. The molecule has 7 heteroatoms. The second kappa shape index (κ2) is 8.57. The molecule has 0 aliphatic carbocycles. The van der Waals surface area contributed by atoms with E-state index >= 15 is 0 Å². The molecule has 2 heterocycles. The minimum atomic E-state index is -0.620. The van der Waals surface area contributed by atoms with Crippen LogP contribution in [-0.4, -0.2) is 27.4 Å². The number of benzene rings is 1. The Balaban J connectivity index is 1.60. The zero-order chi connectivity index (χ0) is 19.4. The molecule has 144 valence electrons. The van der Waals surface area contributed by atoms with E-state index in [1.807, 2.05) is 20.0 Å². The van der Waals surface area contributed by atoms with E-state index in [4.69, 9.17) is 11.6 Å². The van der Waals surface area contributed by atoms with E-state index in [1.54, 1.807) is 24.3 Å². The summed E-state index contributed by atoms with van der Waals surface area (Å²) in [6.45, 7) is 5.16. The highest BCUT2D eigenvalue weighted by Gasteiger charge is 2.25. The van der Waals surface area contributed by atoms with Gasteiger partial charge in [-0.15, -0.1) is 0 Å². The van der Waals surface area contributed by atoms with Crippen molar-refractivity contribution in [3.8, 4) is 0 Å². The number of carbonyl (C=O) groups excluding carboxylic acids is 2. The zero-order valence-electron chi connectivity index (χ0n) is 15.7. The van der Waals surface area contributed by atoms with Crippen LogP contribution in [0.2, 0.25) is 5.02 Å². The Hall–Kier alpha value is -2.34. The van der Waals surface area contributed by atoms with E-state index in [1.165, 1.54) is 6.42 Å². The summed E-state index contributed by atoms with van der Waals surface area (Å²) in [4.78, 5) is 29.7. The summed E-state index contributed by atoms with van der Waals surface area (Å²) in [6.07, 6.45) is 5.32. The van der Waals surface area contributed by atoms with E-state index in [0.29, 0.717) is 17.1 Å². The van der Waals surface area contributed by atoms with Crippen molar-refractivity contribution in [1.82, 2.24) is 20.2 Å². The van der Waals surface area contributed by atoms with E-state index in [2.05, 4.69) is 20.2 Å². The molecule has 3 rings (SSSR count). The first-order valence-corrected chi connectivity index (χ1v) is 9.71. The van der Waals surface area contributed by atoms with Gasteiger partial charge in [-0.1, -0.05) is 25.4 Å². The summed E-state index contributed by atoms with van der Waals surface area (Å²) in [5.74, 6) is 0.537. The van der Waals surface area contributed by atoms with Gasteiger partial charge in [-0.2, -0.15) is 0 Å². The number of hydrogen-bond donors (Lipinski definition) is 2. The number of carbonyl (C=O) groups is 2. The average molecular weight is 389 g/mol. The van der Waals surface area contributed by atoms with Gasteiger partial charge in [0.2, 0.25) is 5.91 Å². The second-order valence-corrected chi connectivity index (χ2v) is 7.66. The van der Waals surface area contributed by atoms with Gasteiger partial charge in [0.1, 0.15) is 11.9 Å². The molecule has 2 N–H and O–H groups in total. The summed E-state index contributed by atoms with van der Waals surface area (Å²) in [5, 5.41) is 6.28. The van der Waals surface area contributed by atoms with E-state index in [-0.39, 0.29) is 17.7 Å². The first-order valence-electron chi connectivity index (χ1n) is 9.33. The highest BCUT2D eigenvalue weighted by Crippen LogP contribution is 2.15. The molecule has 0 radical (unpaired) electrons. The largest absolute Gasteiger partial charge is 0.349 e. The number of halogens is 1. The number of imidazole rings is 1. The van der Waals surface area contributed by atoms with Crippen LogP contribution in [-0.2, 0) is 24.3 Å². The van der Waals surface area contributed by atoms with Crippen LogP contribution in [0.3, 0.4) is 0 Å². The van der Waals surface area contributed by atoms with Crippen molar-refractivity contribution in [3.05, 3.63) is 52.6 Å². The normalized spacial score (nSPS) is 14.5. The molecule has 0 fully saturated rings. The molecule has 2 amide bonds. The minimum Gasteiger partial charge on any atom is -0.349 e. The Morgan fingerprint density at radius 1 is 1.22 bits per heavy atom. The molecular formula is C20H25ClN4O2. The fourth-order valence-corrected chi connectivity index (χ4v) is 3.33. The Morgan fingerprint density at radius 2 is 1.96 bits per heavy atom. The van der Waals surface area contributed by atoms with Crippen molar-refractivity contribution in [2.75, 3.05) is 0 Å². The Bertz CT molecular complexity index is 790. The predicted octanol–water partition coefficient (Wildman–Crippen LogP) is 2.94. The average Bonchev–Trinajstić information content (AvgIpc) is 3.07. The molecule has 0 saturated heterocycles. The van der Waals surface area contributed by atoms with Crippen LogP contribution in [0.25, 0.3) is 0 Å². The van der Waals surface area contributed by atoms with Gasteiger partial charge in [0, 0.05) is 29.7 Å². The lowest BCUT2D eigenvalue weighted by molar-refractivity contribution is -0.124. The van der Waals surface area contributed by atoms with Gasteiger partial charge in [-0.3, -0.25) is 9.59 Å². The van der Waals surface area contributed by atoms with Gasteiger partial charge in [0.05, 0.1) is 12.2 Å². The topological polar surface area (TPSA) is 76.0 Å². The third kappa shape index (κ3) is 4.89. The van der Waals surface area contributed by atoms with Crippen molar-refractivity contribution >= 4 is 23.4 Å². The maximum Gasteiger partial charge on any atom is 0.251 e. The molecule has 27 heavy (non-hydrogen) atoms. The number of hydrogen-bond acceptors (Lipinski definition) is 3. The fourth-order valence-electron chi connectivity index (χ4n) is 3.21. The maximum absolute atomic E-state index is 12.6. The first kappa shape index (κ1) is 19.4. The Kier molecular flexibility index (Phi) is 6.16. The number of nitrogens with one attached hydrogen (secondary N) is 2. The van der Waals surface area contributed by atoms with Crippen LogP contribution in [0.5, 0.6) is 0 Å². The van der Waals surface area contributed by atoms with Gasteiger partial charge in [0.15, 0.2) is 0 Å². The van der Waals surface area contributed by atoms with Crippen LogP contribution in [0, 0.1) is 5.92 Å². The first-order chi connectivity index (χ1) is 12.9.